The lowest BCUT2D eigenvalue weighted by Gasteiger charge is -2.46. The van der Waals surface area contributed by atoms with Gasteiger partial charge in [0.15, 0.2) is 0 Å². The molecule has 2 heterocycles. The van der Waals surface area contributed by atoms with E-state index < -0.39 is 18.2 Å². The molecule has 4 aromatic carbocycles. The Bertz CT molecular complexity index is 1770. The van der Waals surface area contributed by atoms with Gasteiger partial charge in [-0.25, -0.2) is 9.80 Å². The number of nitrogens with zero attached hydrogens (tertiary/aromatic N) is 5. The van der Waals surface area contributed by atoms with Crippen LogP contribution in [0.5, 0.6) is 0 Å². The predicted octanol–water partition coefficient (Wildman–Crippen LogP) is 5.35. The van der Waals surface area contributed by atoms with E-state index in [-0.39, 0.29) is 38.0 Å². The van der Waals surface area contributed by atoms with Crippen molar-refractivity contribution in [2.24, 2.45) is 0 Å². The summed E-state index contributed by atoms with van der Waals surface area (Å²) < 4.78 is 0. The second kappa shape index (κ2) is 12.5. The smallest absolute Gasteiger partial charge is 0.333 e. The second-order valence-corrected chi connectivity index (χ2v) is 11.5. The fourth-order valence-corrected chi connectivity index (χ4v) is 6.26. The van der Waals surface area contributed by atoms with Gasteiger partial charge in [0.2, 0.25) is 5.91 Å². The Kier molecular flexibility index (Phi) is 8.40. The van der Waals surface area contributed by atoms with Crippen LogP contribution in [-0.2, 0) is 22.7 Å². The van der Waals surface area contributed by atoms with Gasteiger partial charge in [0.1, 0.15) is 18.8 Å². The summed E-state index contributed by atoms with van der Waals surface area (Å²) in [7, 11) is 0. The Labute approximate surface area is 264 Å². The fourth-order valence-electron chi connectivity index (χ4n) is 5.94. The Balaban J connectivity index is 1.32. The summed E-state index contributed by atoms with van der Waals surface area (Å²) in [5.41, 5.74) is 2.37. The SMILES string of the molecule is N#CCN(C(=O)NCc1ccc(Cl)c(Cl)c1)N1CC(=O)N2[C@@H](c3ccccc3)C(=O)N(Cc3cccc4ccccc34)C[C@@H]21. The van der Waals surface area contributed by atoms with E-state index in [4.69, 9.17) is 23.2 Å². The van der Waals surface area contributed by atoms with Crippen LogP contribution in [0.25, 0.3) is 10.8 Å². The van der Waals surface area contributed by atoms with E-state index in [1.165, 1.54) is 5.01 Å². The highest BCUT2D eigenvalue weighted by atomic mass is 35.5. The number of hydrogen-bond donors (Lipinski definition) is 1. The van der Waals surface area contributed by atoms with Crippen molar-refractivity contribution in [3.63, 3.8) is 0 Å². The minimum atomic E-state index is -0.884. The molecular weight excluding hydrogens is 599 g/mol. The number of fused-ring (bicyclic) bond motifs is 2. The molecule has 44 heavy (non-hydrogen) atoms. The molecule has 222 valence electrons. The molecule has 1 N–H and O–H groups in total. The van der Waals surface area contributed by atoms with Crippen molar-refractivity contribution in [3.8, 4) is 6.07 Å². The van der Waals surface area contributed by atoms with E-state index in [1.807, 2.05) is 78.9 Å². The number of hydrogen-bond acceptors (Lipinski definition) is 5. The number of rotatable bonds is 7. The Morgan fingerprint density at radius 1 is 0.955 bits per heavy atom. The summed E-state index contributed by atoms with van der Waals surface area (Å²) in [4.78, 5) is 44.6. The van der Waals surface area contributed by atoms with Gasteiger partial charge in [-0.1, -0.05) is 102 Å². The molecule has 11 heteroatoms. The van der Waals surface area contributed by atoms with Crippen LogP contribution < -0.4 is 5.32 Å². The van der Waals surface area contributed by atoms with Gasteiger partial charge in [0, 0.05) is 13.1 Å². The third kappa shape index (κ3) is 5.67. The number of benzene rings is 4. The Hall–Kier alpha value is -4.62. The molecule has 2 saturated heterocycles. The number of amides is 4. The van der Waals surface area contributed by atoms with Crippen molar-refractivity contribution in [2.75, 3.05) is 19.6 Å². The molecule has 9 nitrogen and oxygen atoms in total. The van der Waals surface area contributed by atoms with Crippen molar-refractivity contribution >= 4 is 51.8 Å². The van der Waals surface area contributed by atoms with E-state index >= 15 is 0 Å². The second-order valence-electron chi connectivity index (χ2n) is 10.7. The van der Waals surface area contributed by atoms with E-state index in [1.54, 1.807) is 33.0 Å². The van der Waals surface area contributed by atoms with Crippen molar-refractivity contribution in [1.82, 2.24) is 25.1 Å². The number of halogens is 2. The molecule has 0 bridgehead atoms. The van der Waals surface area contributed by atoms with Crippen molar-refractivity contribution in [1.29, 1.82) is 5.26 Å². The molecule has 0 spiro atoms. The van der Waals surface area contributed by atoms with Crippen LogP contribution in [0.3, 0.4) is 0 Å². The quantitative estimate of drug-likeness (QED) is 0.279. The summed E-state index contributed by atoms with van der Waals surface area (Å²) in [6, 6.07) is 28.8. The van der Waals surface area contributed by atoms with Crippen LogP contribution in [-0.4, -0.2) is 63.5 Å². The zero-order chi connectivity index (χ0) is 30.8. The van der Waals surface area contributed by atoms with Crippen LogP contribution in [0.15, 0.2) is 91.0 Å². The number of carbonyl (C=O) groups is 3. The fraction of sp³-hybridized carbons (Fsp3) is 0.212. The number of piperazine rings is 1. The molecule has 2 aliphatic rings. The van der Waals surface area contributed by atoms with Gasteiger partial charge in [0.25, 0.3) is 5.91 Å². The van der Waals surface area contributed by atoms with Crippen LogP contribution in [0.4, 0.5) is 4.79 Å². The maximum Gasteiger partial charge on any atom is 0.333 e. The largest absolute Gasteiger partial charge is 0.333 e. The first-order chi connectivity index (χ1) is 21.4. The molecule has 0 aromatic heterocycles. The lowest BCUT2D eigenvalue weighted by molar-refractivity contribution is -0.158. The summed E-state index contributed by atoms with van der Waals surface area (Å²) in [6.45, 7) is 0.145. The lowest BCUT2D eigenvalue weighted by Crippen LogP contribution is -2.62. The standard InChI is InChI=1S/C33H28Cl2N6O3/c34-27-14-13-22(17-28(27)35)18-37-33(44)39(16-15-36)40-21-30(42)41-29(40)20-38(32(43)31(41)24-8-2-1-3-9-24)19-25-11-6-10-23-7-4-5-12-26(23)25/h1-14,17,29,31H,16,18-21H2,(H,37,44)/t29-,31+/m1/s1. The molecule has 0 radical (unpaired) electrons. The van der Waals surface area contributed by atoms with Crippen molar-refractivity contribution in [3.05, 3.63) is 118 Å². The number of carbonyl (C=O) groups excluding carboxylic acids is 3. The van der Waals surface area contributed by atoms with Crippen LogP contribution in [0, 0.1) is 11.3 Å². The van der Waals surface area contributed by atoms with Crippen LogP contribution in [0.1, 0.15) is 22.7 Å². The zero-order valence-corrected chi connectivity index (χ0v) is 25.1. The van der Waals surface area contributed by atoms with Crippen molar-refractivity contribution < 1.29 is 14.4 Å². The number of hydrazine groups is 1. The summed E-state index contributed by atoms with van der Waals surface area (Å²) in [5, 5.41) is 18.2. The molecule has 0 aliphatic carbocycles. The molecule has 4 aromatic rings. The summed E-state index contributed by atoms with van der Waals surface area (Å²) >= 11 is 12.2. The predicted molar refractivity (Wildman–Crippen MR) is 167 cm³/mol. The van der Waals surface area contributed by atoms with Gasteiger partial charge in [0.05, 0.1) is 29.2 Å². The maximum absolute atomic E-state index is 14.1. The zero-order valence-electron chi connectivity index (χ0n) is 23.6. The van der Waals surface area contributed by atoms with Crippen molar-refractivity contribution in [2.45, 2.75) is 25.3 Å². The molecule has 2 atom stereocenters. The Morgan fingerprint density at radius 3 is 2.48 bits per heavy atom. The number of urea groups is 1. The minimum absolute atomic E-state index is 0.131. The highest BCUT2D eigenvalue weighted by Gasteiger charge is 2.52. The molecule has 2 aliphatic heterocycles. The topological polar surface area (TPSA) is 100.0 Å². The van der Waals surface area contributed by atoms with Gasteiger partial charge >= 0.3 is 6.03 Å². The third-order valence-corrected chi connectivity index (χ3v) is 8.75. The summed E-state index contributed by atoms with van der Waals surface area (Å²) in [5.74, 6) is -0.506. The van der Waals surface area contributed by atoms with Gasteiger partial charge in [-0.3, -0.25) is 9.59 Å². The lowest BCUT2D eigenvalue weighted by atomic mass is 9.99. The Morgan fingerprint density at radius 2 is 1.70 bits per heavy atom. The first kappa shape index (κ1) is 29.5. The highest BCUT2D eigenvalue weighted by molar-refractivity contribution is 6.42. The monoisotopic (exact) mass is 626 g/mol. The van der Waals surface area contributed by atoms with Gasteiger partial charge in [-0.15, -0.1) is 0 Å². The molecule has 6 rings (SSSR count). The van der Waals surface area contributed by atoms with E-state index in [2.05, 4.69) is 5.32 Å². The molecule has 4 amide bonds. The number of nitrogens with one attached hydrogen (secondary N) is 1. The average molecular weight is 628 g/mol. The van der Waals surface area contributed by atoms with E-state index in [0.717, 1.165) is 21.9 Å². The molecule has 0 unspecified atom stereocenters. The van der Waals surface area contributed by atoms with E-state index in [0.29, 0.717) is 22.2 Å². The van der Waals surface area contributed by atoms with Gasteiger partial charge in [-0.2, -0.15) is 10.3 Å². The van der Waals surface area contributed by atoms with Crippen LogP contribution >= 0.6 is 23.2 Å². The number of nitriles is 1. The maximum atomic E-state index is 14.1. The third-order valence-electron chi connectivity index (χ3n) is 8.01. The first-order valence-electron chi connectivity index (χ1n) is 14.1. The van der Waals surface area contributed by atoms with Crippen LogP contribution in [0.2, 0.25) is 10.0 Å². The molecule has 0 saturated carbocycles. The van der Waals surface area contributed by atoms with Gasteiger partial charge in [-0.05, 0) is 39.6 Å². The minimum Gasteiger partial charge on any atom is -0.333 e. The highest BCUT2D eigenvalue weighted by Crippen LogP contribution is 2.37. The first-order valence-corrected chi connectivity index (χ1v) is 14.9. The average Bonchev–Trinajstić information content (AvgIpc) is 3.36. The van der Waals surface area contributed by atoms with E-state index in [9.17, 15) is 19.6 Å². The normalized spacial score (nSPS) is 18.3. The molecular formula is C33H28Cl2N6O3. The summed E-state index contributed by atoms with van der Waals surface area (Å²) in [6.07, 6.45) is -0.676. The van der Waals surface area contributed by atoms with Gasteiger partial charge < -0.3 is 15.1 Å². The molecule has 2 fully saturated rings.